The van der Waals surface area contributed by atoms with Crippen molar-refractivity contribution in [3.63, 3.8) is 0 Å². The van der Waals surface area contributed by atoms with Crippen LogP contribution in [0.3, 0.4) is 0 Å². The number of aromatic amines is 1. The van der Waals surface area contributed by atoms with E-state index < -0.39 is 15.5 Å². The van der Waals surface area contributed by atoms with Crippen LogP contribution in [0.2, 0.25) is 0 Å². The van der Waals surface area contributed by atoms with E-state index in [9.17, 15) is 13.2 Å². The number of benzene rings is 2. The summed E-state index contributed by atoms with van der Waals surface area (Å²) in [6.45, 7) is 1.94. The van der Waals surface area contributed by atoms with Crippen LogP contribution in [0.1, 0.15) is 5.56 Å². The number of hydrogen-bond donors (Lipinski definition) is 1. The molecule has 6 heteroatoms. The predicted molar refractivity (Wildman–Crippen MR) is 83.0 cm³/mol. The van der Waals surface area contributed by atoms with Crippen molar-refractivity contribution in [2.75, 3.05) is 0 Å². The molecule has 0 aliphatic rings. The summed E-state index contributed by atoms with van der Waals surface area (Å²) >= 11 is 0. The van der Waals surface area contributed by atoms with Gasteiger partial charge in [-0.1, -0.05) is 35.9 Å². The fourth-order valence-electron chi connectivity index (χ4n) is 2.13. The summed E-state index contributed by atoms with van der Waals surface area (Å²) in [4.78, 5) is 14.6. The maximum atomic E-state index is 12.5. The van der Waals surface area contributed by atoms with Crippen molar-refractivity contribution < 1.29 is 8.42 Å². The van der Waals surface area contributed by atoms with Crippen LogP contribution in [0.15, 0.2) is 75.5 Å². The Balaban J connectivity index is 2.10. The number of sulfone groups is 1. The molecule has 1 heterocycles. The lowest BCUT2D eigenvalue weighted by atomic mass is 10.2. The maximum Gasteiger partial charge on any atom is 0.331 e. The molecule has 1 N–H and O–H groups in total. The third kappa shape index (κ3) is 2.48. The van der Waals surface area contributed by atoms with E-state index in [0.29, 0.717) is 5.69 Å². The smallest absolute Gasteiger partial charge is 0.296 e. The van der Waals surface area contributed by atoms with E-state index in [0.717, 1.165) is 5.56 Å². The molecule has 0 aliphatic heterocycles. The van der Waals surface area contributed by atoms with Gasteiger partial charge in [-0.05, 0) is 31.2 Å². The van der Waals surface area contributed by atoms with Gasteiger partial charge in [-0.3, -0.25) is 9.55 Å². The number of nitrogens with one attached hydrogen (secondary N) is 1. The summed E-state index contributed by atoms with van der Waals surface area (Å²) in [5.74, 6) is 0. The minimum Gasteiger partial charge on any atom is -0.296 e. The molecule has 5 nitrogen and oxygen atoms in total. The van der Waals surface area contributed by atoms with Crippen molar-refractivity contribution in [1.29, 1.82) is 0 Å². The third-order valence-electron chi connectivity index (χ3n) is 3.35. The van der Waals surface area contributed by atoms with Crippen LogP contribution in [0, 0.1) is 6.92 Å². The van der Waals surface area contributed by atoms with Crippen LogP contribution in [0.4, 0.5) is 0 Å². The van der Waals surface area contributed by atoms with Gasteiger partial charge in [-0.2, -0.15) is 0 Å². The molecule has 0 aliphatic carbocycles. The van der Waals surface area contributed by atoms with Crippen LogP contribution in [0.5, 0.6) is 0 Å². The summed E-state index contributed by atoms with van der Waals surface area (Å²) in [6, 6.07) is 15.3. The average Bonchev–Trinajstić information content (AvgIpc) is 2.92. The van der Waals surface area contributed by atoms with Crippen LogP contribution in [0.25, 0.3) is 5.69 Å². The number of imidazole rings is 1. The molecule has 112 valence electrons. The van der Waals surface area contributed by atoms with E-state index in [4.69, 9.17) is 0 Å². The van der Waals surface area contributed by atoms with E-state index in [1.165, 1.54) is 22.9 Å². The van der Waals surface area contributed by atoms with Crippen molar-refractivity contribution >= 4 is 9.84 Å². The van der Waals surface area contributed by atoms with E-state index in [1.807, 2.05) is 19.1 Å². The molecule has 22 heavy (non-hydrogen) atoms. The molecule has 0 saturated carbocycles. The van der Waals surface area contributed by atoms with E-state index in [2.05, 4.69) is 4.98 Å². The lowest BCUT2D eigenvalue weighted by Crippen LogP contribution is -2.14. The van der Waals surface area contributed by atoms with Crippen LogP contribution in [-0.4, -0.2) is 18.0 Å². The van der Waals surface area contributed by atoms with E-state index >= 15 is 0 Å². The molecule has 0 radical (unpaired) electrons. The molecule has 0 fully saturated rings. The Morgan fingerprint density at radius 3 is 2.23 bits per heavy atom. The molecule has 0 atom stereocenters. The number of aromatic nitrogens is 2. The average molecular weight is 314 g/mol. The standard InChI is InChI=1S/C16H14N2O3S/c1-12-7-9-13(10-8-12)18-11-15(17-16(18)19)22(20,21)14-5-3-2-4-6-14/h2-11H,1H3,(H,17,19). The summed E-state index contributed by atoms with van der Waals surface area (Å²) in [5, 5.41) is -0.121. The zero-order chi connectivity index (χ0) is 15.7. The fraction of sp³-hybridized carbons (Fsp3) is 0.0625. The van der Waals surface area contributed by atoms with Crippen molar-refractivity contribution in [2.45, 2.75) is 16.8 Å². The second-order valence-electron chi connectivity index (χ2n) is 4.95. The van der Waals surface area contributed by atoms with Gasteiger partial charge in [0.15, 0.2) is 5.03 Å². The first-order chi connectivity index (χ1) is 10.5. The predicted octanol–water partition coefficient (Wildman–Crippen LogP) is 2.31. The van der Waals surface area contributed by atoms with Crippen molar-refractivity contribution in [1.82, 2.24) is 9.55 Å². The molecule has 0 unspecified atom stereocenters. The van der Waals surface area contributed by atoms with E-state index in [1.54, 1.807) is 30.3 Å². The molecule has 0 amide bonds. The lowest BCUT2D eigenvalue weighted by molar-refractivity contribution is 0.593. The highest BCUT2D eigenvalue weighted by Crippen LogP contribution is 2.18. The zero-order valence-electron chi connectivity index (χ0n) is 11.9. The Labute approximate surface area is 127 Å². The largest absolute Gasteiger partial charge is 0.331 e. The highest BCUT2D eigenvalue weighted by atomic mass is 32.2. The van der Waals surface area contributed by atoms with Crippen LogP contribution >= 0.6 is 0 Å². The van der Waals surface area contributed by atoms with Gasteiger partial charge >= 0.3 is 5.69 Å². The second-order valence-corrected chi connectivity index (χ2v) is 6.86. The summed E-state index contributed by atoms with van der Waals surface area (Å²) < 4.78 is 26.3. The summed E-state index contributed by atoms with van der Waals surface area (Å²) in [5.41, 5.74) is 1.18. The van der Waals surface area contributed by atoms with Crippen molar-refractivity contribution in [2.24, 2.45) is 0 Å². The first kappa shape index (κ1) is 14.3. The number of H-pyrrole nitrogens is 1. The first-order valence-electron chi connectivity index (χ1n) is 6.67. The van der Waals surface area contributed by atoms with Gasteiger partial charge < -0.3 is 0 Å². The third-order valence-corrected chi connectivity index (χ3v) is 5.03. The fourth-order valence-corrected chi connectivity index (χ4v) is 3.37. The van der Waals surface area contributed by atoms with Gasteiger partial charge in [0.25, 0.3) is 0 Å². The SMILES string of the molecule is Cc1ccc(-n2cc(S(=O)(=O)c3ccccc3)[nH]c2=O)cc1. The summed E-state index contributed by atoms with van der Waals surface area (Å²) in [6.07, 6.45) is 1.31. The Morgan fingerprint density at radius 2 is 1.59 bits per heavy atom. The molecular weight excluding hydrogens is 300 g/mol. The number of rotatable bonds is 3. The molecule has 3 aromatic rings. The minimum atomic E-state index is -3.73. The van der Waals surface area contributed by atoms with Gasteiger partial charge in [0.2, 0.25) is 9.84 Å². The minimum absolute atomic E-state index is 0.121. The normalized spacial score (nSPS) is 11.5. The molecule has 1 aromatic heterocycles. The lowest BCUT2D eigenvalue weighted by Gasteiger charge is -2.02. The highest BCUT2D eigenvalue weighted by molar-refractivity contribution is 7.91. The van der Waals surface area contributed by atoms with Crippen LogP contribution < -0.4 is 5.69 Å². The Bertz CT molecular complexity index is 953. The Morgan fingerprint density at radius 1 is 0.955 bits per heavy atom. The van der Waals surface area contributed by atoms with Crippen molar-refractivity contribution in [3.05, 3.63) is 76.8 Å². The van der Waals surface area contributed by atoms with Gasteiger partial charge in [-0.25, -0.2) is 13.2 Å². The second kappa shape index (κ2) is 5.31. The maximum absolute atomic E-state index is 12.5. The number of aryl methyl sites for hydroxylation is 1. The van der Waals surface area contributed by atoms with Gasteiger partial charge in [0.1, 0.15) is 0 Å². The number of nitrogens with zero attached hydrogens (tertiary/aromatic N) is 1. The molecule has 2 aromatic carbocycles. The molecule has 3 rings (SSSR count). The van der Waals surface area contributed by atoms with Crippen molar-refractivity contribution in [3.8, 4) is 5.69 Å². The zero-order valence-corrected chi connectivity index (χ0v) is 12.7. The molecule has 0 bridgehead atoms. The molecule has 0 spiro atoms. The summed E-state index contributed by atoms with van der Waals surface area (Å²) in [7, 11) is -3.73. The highest BCUT2D eigenvalue weighted by Gasteiger charge is 2.21. The van der Waals surface area contributed by atoms with Crippen LogP contribution in [-0.2, 0) is 9.84 Å². The first-order valence-corrected chi connectivity index (χ1v) is 8.16. The quantitative estimate of drug-likeness (QED) is 0.806. The Hall–Kier alpha value is -2.60. The monoisotopic (exact) mass is 314 g/mol. The number of hydrogen-bond acceptors (Lipinski definition) is 3. The Kier molecular flexibility index (Phi) is 3.46. The van der Waals surface area contributed by atoms with Gasteiger partial charge in [0.05, 0.1) is 10.6 Å². The van der Waals surface area contributed by atoms with Gasteiger partial charge in [0, 0.05) is 6.20 Å². The molecular formula is C16H14N2O3S. The molecule has 0 saturated heterocycles. The van der Waals surface area contributed by atoms with E-state index in [-0.39, 0.29) is 9.92 Å². The van der Waals surface area contributed by atoms with Gasteiger partial charge in [-0.15, -0.1) is 0 Å². The topological polar surface area (TPSA) is 71.9 Å².